The highest BCUT2D eigenvalue weighted by molar-refractivity contribution is 14.0. The first-order chi connectivity index (χ1) is 9.97. The molecule has 1 fully saturated rings. The van der Waals surface area contributed by atoms with Crippen LogP contribution in [0.15, 0.2) is 17.1 Å². The molecule has 0 aromatic carbocycles. The van der Waals surface area contributed by atoms with Crippen LogP contribution in [0, 0.1) is 0 Å². The standard InChI is InChI=1S/C14H25N3O3S.HI/c1-15-13(17-12-5-3-4-6-12)16-11-14(21(2,18)19)7-9-20-10-8-14;/h3-4,12H,5-11H2,1-2H3,(H2,15,16,17);1H. The van der Waals surface area contributed by atoms with Gasteiger partial charge in [-0.1, -0.05) is 12.2 Å². The minimum atomic E-state index is -3.16. The lowest BCUT2D eigenvalue weighted by Crippen LogP contribution is -2.54. The fourth-order valence-corrected chi connectivity index (χ4v) is 4.03. The zero-order valence-electron chi connectivity index (χ0n) is 13.2. The van der Waals surface area contributed by atoms with Crippen molar-refractivity contribution in [3.63, 3.8) is 0 Å². The predicted molar refractivity (Wildman–Crippen MR) is 99.7 cm³/mol. The number of sulfone groups is 1. The molecule has 0 radical (unpaired) electrons. The summed E-state index contributed by atoms with van der Waals surface area (Å²) in [5.41, 5.74) is 0. The summed E-state index contributed by atoms with van der Waals surface area (Å²) in [6, 6.07) is 0.347. The van der Waals surface area contributed by atoms with E-state index in [9.17, 15) is 8.42 Å². The van der Waals surface area contributed by atoms with Crippen molar-refractivity contribution in [2.45, 2.75) is 36.5 Å². The first-order valence-corrected chi connectivity index (χ1v) is 9.25. The van der Waals surface area contributed by atoms with Gasteiger partial charge >= 0.3 is 0 Å². The van der Waals surface area contributed by atoms with Crippen LogP contribution in [0.3, 0.4) is 0 Å². The molecule has 2 rings (SSSR count). The number of ether oxygens (including phenoxy) is 1. The molecular weight excluding hydrogens is 417 g/mol. The molecule has 1 aliphatic carbocycles. The molecule has 1 saturated heterocycles. The van der Waals surface area contributed by atoms with Gasteiger partial charge in [0.15, 0.2) is 15.8 Å². The highest BCUT2D eigenvalue weighted by atomic mass is 127. The molecule has 2 N–H and O–H groups in total. The van der Waals surface area contributed by atoms with Gasteiger partial charge in [0.2, 0.25) is 0 Å². The van der Waals surface area contributed by atoms with Gasteiger partial charge in [0, 0.05) is 39.1 Å². The number of rotatable bonds is 4. The predicted octanol–water partition coefficient (Wildman–Crippen LogP) is 1.08. The first-order valence-electron chi connectivity index (χ1n) is 7.36. The molecule has 6 nitrogen and oxygen atoms in total. The first kappa shape index (κ1) is 19.7. The number of hydrogen-bond acceptors (Lipinski definition) is 4. The van der Waals surface area contributed by atoms with Gasteiger partial charge in [-0.2, -0.15) is 0 Å². The van der Waals surface area contributed by atoms with Crippen LogP contribution in [-0.2, 0) is 14.6 Å². The number of hydrogen-bond donors (Lipinski definition) is 2. The third-order valence-electron chi connectivity index (χ3n) is 4.34. The monoisotopic (exact) mass is 443 g/mol. The Bertz CT molecular complexity index is 505. The SMILES string of the molecule is CN=C(NCC1(S(C)(=O)=O)CCOCC1)NC1CC=CC1.I. The number of nitrogens with one attached hydrogen (secondary N) is 2. The Morgan fingerprint density at radius 1 is 1.32 bits per heavy atom. The van der Waals surface area contributed by atoms with E-state index in [1.165, 1.54) is 6.26 Å². The lowest BCUT2D eigenvalue weighted by Gasteiger charge is -2.36. The lowest BCUT2D eigenvalue weighted by molar-refractivity contribution is 0.0756. The summed E-state index contributed by atoms with van der Waals surface area (Å²) in [6.45, 7) is 1.36. The summed E-state index contributed by atoms with van der Waals surface area (Å²) in [4.78, 5) is 4.19. The molecule has 0 bridgehead atoms. The number of guanidine groups is 1. The summed E-state index contributed by atoms with van der Waals surface area (Å²) >= 11 is 0. The maximum atomic E-state index is 12.2. The number of halogens is 1. The van der Waals surface area contributed by atoms with Crippen molar-refractivity contribution in [1.82, 2.24) is 10.6 Å². The van der Waals surface area contributed by atoms with E-state index in [-0.39, 0.29) is 24.0 Å². The quantitative estimate of drug-likeness (QED) is 0.294. The minimum absolute atomic E-state index is 0. The van der Waals surface area contributed by atoms with E-state index < -0.39 is 14.6 Å². The van der Waals surface area contributed by atoms with Gasteiger partial charge in [-0.3, -0.25) is 4.99 Å². The van der Waals surface area contributed by atoms with E-state index in [2.05, 4.69) is 27.8 Å². The van der Waals surface area contributed by atoms with Crippen LogP contribution in [0.4, 0.5) is 0 Å². The maximum Gasteiger partial charge on any atom is 0.191 e. The highest BCUT2D eigenvalue weighted by Gasteiger charge is 2.42. The summed E-state index contributed by atoms with van der Waals surface area (Å²) in [6.07, 6.45) is 8.61. The molecule has 0 unspecified atom stereocenters. The Morgan fingerprint density at radius 3 is 2.41 bits per heavy atom. The molecule has 1 aliphatic heterocycles. The summed E-state index contributed by atoms with van der Waals surface area (Å²) in [5, 5.41) is 6.51. The minimum Gasteiger partial charge on any atom is -0.381 e. The Balaban J connectivity index is 0.00000242. The topological polar surface area (TPSA) is 79.8 Å². The molecule has 0 saturated carbocycles. The molecule has 1 heterocycles. The van der Waals surface area contributed by atoms with Crippen molar-refractivity contribution in [3.05, 3.63) is 12.2 Å². The van der Waals surface area contributed by atoms with Crippen LogP contribution in [-0.4, -0.2) is 58.2 Å². The smallest absolute Gasteiger partial charge is 0.191 e. The van der Waals surface area contributed by atoms with Crippen LogP contribution < -0.4 is 10.6 Å². The largest absolute Gasteiger partial charge is 0.381 e. The van der Waals surface area contributed by atoms with Crippen molar-refractivity contribution in [2.75, 3.05) is 33.1 Å². The van der Waals surface area contributed by atoms with Gasteiger partial charge in [-0.05, 0) is 25.7 Å². The molecule has 0 aromatic heterocycles. The molecular formula is C14H26IN3O3S. The second-order valence-corrected chi connectivity index (χ2v) is 8.19. The fraction of sp³-hybridized carbons (Fsp3) is 0.786. The average molecular weight is 443 g/mol. The molecule has 0 aromatic rings. The summed E-state index contributed by atoms with van der Waals surface area (Å²) < 4.78 is 28.9. The molecule has 8 heteroatoms. The second kappa shape index (κ2) is 8.49. The second-order valence-electron chi connectivity index (χ2n) is 5.78. The maximum absolute atomic E-state index is 12.2. The van der Waals surface area contributed by atoms with E-state index in [1.54, 1.807) is 7.05 Å². The van der Waals surface area contributed by atoms with Gasteiger partial charge < -0.3 is 15.4 Å². The van der Waals surface area contributed by atoms with Crippen molar-refractivity contribution < 1.29 is 13.2 Å². The van der Waals surface area contributed by atoms with E-state index >= 15 is 0 Å². The van der Waals surface area contributed by atoms with Crippen molar-refractivity contribution >= 4 is 39.8 Å². The molecule has 0 atom stereocenters. The Kier molecular flexibility index (Phi) is 7.60. The van der Waals surface area contributed by atoms with E-state index in [0.29, 0.717) is 44.6 Å². The van der Waals surface area contributed by atoms with Crippen LogP contribution >= 0.6 is 24.0 Å². The highest BCUT2D eigenvalue weighted by Crippen LogP contribution is 2.28. The molecule has 22 heavy (non-hydrogen) atoms. The molecule has 0 amide bonds. The van der Waals surface area contributed by atoms with Gasteiger partial charge in [-0.15, -0.1) is 24.0 Å². The van der Waals surface area contributed by atoms with Crippen LogP contribution in [0.2, 0.25) is 0 Å². The van der Waals surface area contributed by atoms with Crippen LogP contribution in [0.25, 0.3) is 0 Å². The normalized spacial score (nSPS) is 22.2. The van der Waals surface area contributed by atoms with E-state index in [1.807, 2.05) is 0 Å². The van der Waals surface area contributed by atoms with Gasteiger partial charge in [0.25, 0.3) is 0 Å². The Hall–Kier alpha value is -0.350. The zero-order valence-corrected chi connectivity index (χ0v) is 16.3. The average Bonchev–Trinajstić information content (AvgIpc) is 2.96. The Labute approximate surface area is 150 Å². The molecule has 2 aliphatic rings. The molecule has 0 spiro atoms. The Morgan fingerprint density at radius 2 is 1.91 bits per heavy atom. The van der Waals surface area contributed by atoms with Crippen molar-refractivity contribution in [1.29, 1.82) is 0 Å². The zero-order chi connectivity index (χ0) is 15.3. The van der Waals surface area contributed by atoms with Crippen molar-refractivity contribution in [3.8, 4) is 0 Å². The van der Waals surface area contributed by atoms with Crippen LogP contribution in [0.1, 0.15) is 25.7 Å². The van der Waals surface area contributed by atoms with Gasteiger partial charge in [0.1, 0.15) is 0 Å². The third-order valence-corrected chi connectivity index (χ3v) is 6.47. The summed E-state index contributed by atoms with van der Waals surface area (Å²) in [5.74, 6) is 0.665. The third kappa shape index (κ3) is 4.82. The number of nitrogens with zero attached hydrogens (tertiary/aromatic N) is 1. The number of aliphatic imine (C=N–C) groups is 1. The lowest BCUT2D eigenvalue weighted by atomic mass is 9.99. The van der Waals surface area contributed by atoms with E-state index in [4.69, 9.17) is 4.74 Å². The molecule has 128 valence electrons. The fourth-order valence-electron chi connectivity index (χ4n) is 2.79. The van der Waals surface area contributed by atoms with Crippen LogP contribution in [0.5, 0.6) is 0 Å². The van der Waals surface area contributed by atoms with Gasteiger partial charge in [-0.25, -0.2) is 8.42 Å². The van der Waals surface area contributed by atoms with Gasteiger partial charge in [0.05, 0.1) is 4.75 Å². The van der Waals surface area contributed by atoms with E-state index in [0.717, 1.165) is 12.8 Å². The van der Waals surface area contributed by atoms with Crippen molar-refractivity contribution in [2.24, 2.45) is 4.99 Å². The summed E-state index contributed by atoms with van der Waals surface area (Å²) in [7, 11) is -1.45.